The van der Waals surface area contributed by atoms with Gasteiger partial charge in [0.1, 0.15) is 6.61 Å². The van der Waals surface area contributed by atoms with Crippen LogP contribution in [0, 0.1) is 0 Å². The number of esters is 1. The molecule has 134 valence electrons. The van der Waals surface area contributed by atoms with Crippen molar-refractivity contribution in [3.63, 3.8) is 0 Å². The zero-order valence-corrected chi connectivity index (χ0v) is 15.8. The molecule has 0 saturated carbocycles. The van der Waals surface area contributed by atoms with Crippen LogP contribution in [0.3, 0.4) is 0 Å². The van der Waals surface area contributed by atoms with E-state index in [1.54, 1.807) is 12.1 Å². The SMILES string of the molecule is NS(=O)(=O)c1ccc(C=CC(=O)OCc2sc3ccccc3c2Cl)cc1. The minimum atomic E-state index is -3.73. The second kappa shape index (κ2) is 7.59. The molecule has 0 aliphatic heterocycles. The van der Waals surface area contributed by atoms with Crippen LogP contribution in [0.5, 0.6) is 0 Å². The molecule has 3 aromatic rings. The van der Waals surface area contributed by atoms with Crippen molar-refractivity contribution in [3.8, 4) is 0 Å². The lowest BCUT2D eigenvalue weighted by molar-refractivity contribution is -0.138. The summed E-state index contributed by atoms with van der Waals surface area (Å²) in [4.78, 5) is 12.7. The molecular formula is C18H14ClNO4S2. The molecule has 5 nitrogen and oxygen atoms in total. The van der Waals surface area contributed by atoms with Crippen LogP contribution in [0.1, 0.15) is 10.4 Å². The molecule has 0 saturated heterocycles. The van der Waals surface area contributed by atoms with Gasteiger partial charge in [0.15, 0.2) is 0 Å². The number of sulfonamides is 1. The van der Waals surface area contributed by atoms with Gasteiger partial charge in [-0.15, -0.1) is 11.3 Å². The van der Waals surface area contributed by atoms with Gasteiger partial charge in [-0.3, -0.25) is 0 Å². The molecule has 0 radical (unpaired) electrons. The van der Waals surface area contributed by atoms with Gasteiger partial charge in [-0.2, -0.15) is 0 Å². The third kappa shape index (κ3) is 4.31. The molecule has 0 aliphatic rings. The Hall–Kier alpha value is -2.19. The average Bonchev–Trinajstić information content (AvgIpc) is 2.94. The first-order valence-corrected chi connectivity index (χ1v) is 10.2. The minimum absolute atomic E-state index is 0.0108. The van der Waals surface area contributed by atoms with Crippen molar-refractivity contribution < 1.29 is 17.9 Å². The van der Waals surface area contributed by atoms with Gasteiger partial charge >= 0.3 is 5.97 Å². The number of rotatable bonds is 5. The zero-order valence-electron chi connectivity index (χ0n) is 13.4. The number of carbonyl (C=O) groups is 1. The van der Waals surface area contributed by atoms with Crippen LogP contribution in [-0.4, -0.2) is 14.4 Å². The molecule has 0 fully saturated rings. The summed E-state index contributed by atoms with van der Waals surface area (Å²) in [7, 11) is -3.73. The standard InChI is InChI=1S/C18H14ClNO4S2/c19-18-14-3-1-2-4-15(14)25-16(18)11-24-17(21)10-7-12-5-8-13(9-6-12)26(20,22)23/h1-10H,11H2,(H2,20,22,23). The molecule has 0 spiro atoms. The molecule has 2 aromatic carbocycles. The molecule has 26 heavy (non-hydrogen) atoms. The van der Waals surface area contributed by atoms with Crippen LogP contribution < -0.4 is 5.14 Å². The fourth-order valence-electron chi connectivity index (χ4n) is 2.28. The fourth-order valence-corrected chi connectivity index (χ4v) is 4.19. The van der Waals surface area contributed by atoms with E-state index in [0.29, 0.717) is 10.6 Å². The number of primary sulfonamides is 1. The highest BCUT2D eigenvalue weighted by molar-refractivity contribution is 7.89. The Kier molecular flexibility index (Phi) is 5.43. The Balaban J connectivity index is 1.63. The van der Waals surface area contributed by atoms with Crippen LogP contribution in [0.2, 0.25) is 5.02 Å². The summed E-state index contributed by atoms with van der Waals surface area (Å²) in [5.41, 5.74) is 0.647. The maximum absolute atomic E-state index is 11.9. The lowest BCUT2D eigenvalue weighted by Crippen LogP contribution is -2.11. The van der Waals surface area contributed by atoms with Crippen molar-refractivity contribution in [2.75, 3.05) is 0 Å². The van der Waals surface area contributed by atoms with E-state index in [-0.39, 0.29) is 11.5 Å². The van der Waals surface area contributed by atoms with Crippen molar-refractivity contribution in [1.29, 1.82) is 0 Å². The van der Waals surface area contributed by atoms with Crippen LogP contribution >= 0.6 is 22.9 Å². The zero-order chi connectivity index (χ0) is 18.7. The van der Waals surface area contributed by atoms with Crippen molar-refractivity contribution >= 4 is 55.1 Å². The fraction of sp³-hybridized carbons (Fsp3) is 0.0556. The second-order valence-corrected chi connectivity index (χ2v) is 8.47. The Bertz CT molecular complexity index is 1090. The van der Waals surface area contributed by atoms with E-state index in [0.717, 1.165) is 15.0 Å². The normalized spacial score (nSPS) is 11.9. The molecule has 1 heterocycles. The maximum atomic E-state index is 11.9. The van der Waals surface area contributed by atoms with Gasteiger partial charge < -0.3 is 4.74 Å². The molecule has 0 unspecified atom stereocenters. The lowest BCUT2D eigenvalue weighted by Gasteiger charge is -2.01. The number of hydrogen-bond donors (Lipinski definition) is 1. The van der Waals surface area contributed by atoms with Gasteiger partial charge in [0.25, 0.3) is 0 Å². The van der Waals surface area contributed by atoms with E-state index in [4.69, 9.17) is 21.5 Å². The van der Waals surface area contributed by atoms with Gasteiger partial charge in [-0.1, -0.05) is 41.9 Å². The largest absolute Gasteiger partial charge is 0.457 e. The van der Waals surface area contributed by atoms with E-state index >= 15 is 0 Å². The Morgan fingerprint density at radius 1 is 1.15 bits per heavy atom. The summed E-state index contributed by atoms with van der Waals surface area (Å²) >= 11 is 7.79. The molecule has 1 aromatic heterocycles. The number of halogens is 1. The first-order chi connectivity index (χ1) is 12.3. The van der Waals surface area contributed by atoms with Gasteiger partial charge in [0.2, 0.25) is 10.0 Å². The number of benzene rings is 2. The number of ether oxygens (including phenoxy) is 1. The first kappa shape index (κ1) is 18.6. The molecule has 0 bridgehead atoms. The highest BCUT2D eigenvalue weighted by atomic mass is 35.5. The number of hydrogen-bond acceptors (Lipinski definition) is 5. The van der Waals surface area contributed by atoms with E-state index < -0.39 is 16.0 Å². The van der Waals surface area contributed by atoms with Gasteiger partial charge in [0.05, 0.1) is 14.8 Å². The molecule has 8 heteroatoms. The minimum Gasteiger partial charge on any atom is -0.457 e. The third-order valence-electron chi connectivity index (χ3n) is 3.57. The Morgan fingerprint density at radius 3 is 2.50 bits per heavy atom. The number of carbonyl (C=O) groups excluding carboxylic acids is 1. The molecular weight excluding hydrogens is 394 g/mol. The quantitative estimate of drug-likeness (QED) is 0.512. The van der Waals surface area contributed by atoms with Gasteiger partial charge in [-0.05, 0) is 29.8 Å². The second-order valence-electron chi connectivity index (χ2n) is 5.39. The molecule has 3 rings (SSSR count). The van der Waals surface area contributed by atoms with E-state index in [2.05, 4.69) is 0 Å². The summed E-state index contributed by atoms with van der Waals surface area (Å²) in [5.74, 6) is -0.519. The molecule has 2 N–H and O–H groups in total. The van der Waals surface area contributed by atoms with E-state index in [1.165, 1.54) is 35.6 Å². The Morgan fingerprint density at radius 2 is 1.85 bits per heavy atom. The average molecular weight is 408 g/mol. The van der Waals surface area contributed by atoms with Crippen molar-refractivity contribution in [1.82, 2.24) is 0 Å². The first-order valence-electron chi connectivity index (χ1n) is 7.48. The predicted octanol–water partition coefficient (Wildman–Crippen LogP) is 3.96. The van der Waals surface area contributed by atoms with E-state index in [9.17, 15) is 13.2 Å². The molecule has 0 amide bonds. The maximum Gasteiger partial charge on any atom is 0.331 e. The van der Waals surface area contributed by atoms with Crippen molar-refractivity contribution in [2.45, 2.75) is 11.5 Å². The Labute approximate surface area is 159 Å². The number of fused-ring (bicyclic) bond motifs is 1. The molecule has 0 atom stereocenters. The van der Waals surface area contributed by atoms with Crippen LogP contribution in [0.25, 0.3) is 16.2 Å². The highest BCUT2D eigenvalue weighted by Gasteiger charge is 2.11. The van der Waals surface area contributed by atoms with Crippen molar-refractivity contribution in [3.05, 3.63) is 70.1 Å². The predicted molar refractivity (Wildman–Crippen MR) is 103 cm³/mol. The lowest BCUT2D eigenvalue weighted by atomic mass is 10.2. The summed E-state index contributed by atoms with van der Waals surface area (Å²) in [5, 5.41) is 6.57. The highest BCUT2D eigenvalue weighted by Crippen LogP contribution is 2.35. The number of nitrogens with two attached hydrogens (primary N) is 1. The van der Waals surface area contributed by atoms with Crippen LogP contribution in [-0.2, 0) is 26.2 Å². The van der Waals surface area contributed by atoms with Crippen LogP contribution in [0.4, 0.5) is 0 Å². The number of thiophene rings is 1. The summed E-state index contributed by atoms with van der Waals surface area (Å²) in [6.45, 7) is 0.0890. The van der Waals surface area contributed by atoms with Crippen LogP contribution in [0.15, 0.2) is 59.5 Å². The summed E-state index contributed by atoms with van der Waals surface area (Å²) in [6.07, 6.45) is 2.80. The van der Waals surface area contributed by atoms with E-state index in [1.807, 2.05) is 24.3 Å². The van der Waals surface area contributed by atoms with Gasteiger partial charge in [-0.25, -0.2) is 18.4 Å². The third-order valence-corrected chi connectivity index (χ3v) is 6.18. The van der Waals surface area contributed by atoms with Crippen molar-refractivity contribution in [2.24, 2.45) is 5.14 Å². The summed E-state index contributed by atoms with van der Waals surface area (Å²) in [6, 6.07) is 13.6. The topological polar surface area (TPSA) is 86.5 Å². The van der Waals surface area contributed by atoms with Gasteiger partial charge in [0, 0.05) is 16.2 Å². The monoisotopic (exact) mass is 407 g/mol. The molecule has 0 aliphatic carbocycles. The smallest absolute Gasteiger partial charge is 0.331 e. The summed E-state index contributed by atoms with van der Waals surface area (Å²) < 4.78 is 28.7.